The van der Waals surface area contributed by atoms with Crippen molar-refractivity contribution in [2.75, 3.05) is 17.2 Å². The molecule has 0 bridgehead atoms. The highest BCUT2D eigenvalue weighted by molar-refractivity contribution is 5.92. The average molecular weight is 390 g/mol. The van der Waals surface area contributed by atoms with Crippen molar-refractivity contribution in [1.82, 2.24) is 9.97 Å². The van der Waals surface area contributed by atoms with Crippen molar-refractivity contribution in [3.8, 4) is 5.75 Å². The van der Waals surface area contributed by atoms with Crippen LogP contribution in [0.3, 0.4) is 0 Å². The molecule has 150 valence electrons. The molecule has 29 heavy (non-hydrogen) atoms. The van der Waals surface area contributed by atoms with E-state index in [2.05, 4.69) is 40.5 Å². The number of ether oxygens (including phenoxy) is 1. The zero-order valence-corrected chi connectivity index (χ0v) is 17.2. The van der Waals surface area contributed by atoms with Gasteiger partial charge in [-0.1, -0.05) is 26.0 Å². The SMILES string of the molecule is Cc1cc(C)nc(Nc2ccc(NC(=O)COc3cccc(C(C)C)c3)cc2)n1. The van der Waals surface area contributed by atoms with Gasteiger partial charge in [0.25, 0.3) is 5.91 Å². The second-order valence-electron chi connectivity index (χ2n) is 7.24. The fourth-order valence-corrected chi connectivity index (χ4v) is 2.86. The zero-order valence-electron chi connectivity index (χ0n) is 17.2. The summed E-state index contributed by atoms with van der Waals surface area (Å²) in [6.07, 6.45) is 0. The number of anilines is 3. The van der Waals surface area contributed by atoms with Crippen LogP contribution in [0.2, 0.25) is 0 Å². The first-order valence-corrected chi connectivity index (χ1v) is 9.61. The summed E-state index contributed by atoms with van der Waals surface area (Å²) in [6.45, 7) is 8.06. The van der Waals surface area contributed by atoms with Gasteiger partial charge in [0.05, 0.1) is 0 Å². The van der Waals surface area contributed by atoms with Crippen LogP contribution in [0.4, 0.5) is 17.3 Å². The fourth-order valence-electron chi connectivity index (χ4n) is 2.86. The van der Waals surface area contributed by atoms with E-state index in [1.54, 1.807) is 0 Å². The van der Waals surface area contributed by atoms with Gasteiger partial charge in [-0.25, -0.2) is 9.97 Å². The number of benzene rings is 2. The standard InChI is InChI=1S/C23H26N4O2/c1-15(2)18-6-5-7-21(13-18)29-14-22(28)26-19-8-10-20(11-9-19)27-23-24-16(3)12-17(4)25-23/h5-13,15H,14H2,1-4H3,(H,26,28)(H,24,25,27). The lowest BCUT2D eigenvalue weighted by molar-refractivity contribution is -0.118. The summed E-state index contributed by atoms with van der Waals surface area (Å²) < 4.78 is 5.62. The van der Waals surface area contributed by atoms with Crippen molar-refractivity contribution >= 4 is 23.2 Å². The van der Waals surface area contributed by atoms with Crippen LogP contribution < -0.4 is 15.4 Å². The van der Waals surface area contributed by atoms with Crippen molar-refractivity contribution in [2.45, 2.75) is 33.6 Å². The third-order valence-electron chi connectivity index (χ3n) is 4.30. The maximum Gasteiger partial charge on any atom is 0.262 e. The summed E-state index contributed by atoms with van der Waals surface area (Å²) >= 11 is 0. The zero-order chi connectivity index (χ0) is 20.8. The highest BCUT2D eigenvalue weighted by atomic mass is 16.5. The Morgan fingerprint density at radius 3 is 2.28 bits per heavy atom. The number of aromatic nitrogens is 2. The molecule has 2 aromatic carbocycles. The Morgan fingerprint density at radius 2 is 1.62 bits per heavy atom. The molecule has 0 saturated heterocycles. The Bertz CT molecular complexity index is 964. The summed E-state index contributed by atoms with van der Waals surface area (Å²) in [5.74, 6) is 1.45. The summed E-state index contributed by atoms with van der Waals surface area (Å²) in [6, 6.07) is 17.1. The molecule has 1 amide bonds. The van der Waals surface area contributed by atoms with Crippen LogP contribution in [0, 0.1) is 13.8 Å². The molecular formula is C23H26N4O2. The number of amides is 1. The molecular weight excluding hydrogens is 364 g/mol. The van der Waals surface area contributed by atoms with Gasteiger partial charge in [-0.3, -0.25) is 4.79 Å². The summed E-state index contributed by atoms with van der Waals surface area (Å²) in [5.41, 5.74) is 4.53. The topological polar surface area (TPSA) is 76.1 Å². The first-order chi connectivity index (χ1) is 13.9. The van der Waals surface area contributed by atoms with Crippen molar-refractivity contribution in [3.63, 3.8) is 0 Å². The quantitative estimate of drug-likeness (QED) is 0.595. The second-order valence-corrected chi connectivity index (χ2v) is 7.24. The Morgan fingerprint density at radius 1 is 0.966 bits per heavy atom. The molecule has 0 unspecified atom stereocenters. The van der Waals surface area contributed by atoms with Crippen LogP contribution in [0.25, 0.3) is 0 Å². The predicted octanol–water partition coefficient (Wildman–Crippen LogP) is 4.98. The van der Waals surface area contributed by atoms with E-state index in [9.17, 15) is 4.79 Å². The van der Waals surface area contributed by atoms with E-state index < -0.39 is 0 Å². The first kappa shape index (κ1) is 20.3. The third-order valence-corrected chi connectivity index (χ3v) is 4.30. The third kappa shape index (κ3) is 6.04. The largest absolute Gasteiger partial charge is 0.484 e. The van der Waals surface area contributed by atoms with Gasteiger partial charge in [0.1, 0.15) is 5.75 Å². The lowest BCUT2D eigenvalue weighted by atomic mass is 10.0. The molecule has 6 nitrogen and oxygen atoms in total. The van der Waals surface area contributed by atoms with Gasteiger partial charge in [0, 0.05) is 22.8 Å². The molecule has 0 saturated carbocycles. The Labute approximate surface area is 171 Å². The van der Waals surface area contributed by atoms with E-state index in [0.29, 0.717) is 23.3 Å². The minimum absolute atomic E-state index is 0.0437. The van der Waals surface area contributed by atoms with Gasteiger partial charge in [-0.2, -0.15) is 0 Å². The Hall–Kier alpha value is -3.41. The number of hydrogen-bond acceptors (Lipinski definition) is 5. The lowest BCUT2D eigenvalue weighted by Crippen LogP contribution is -2.20. The minimum Gasteiger partial charge on any atom is -0.484 e. The second kappa shape index (κ2) is 9.19. The number of carbonyl (C=O) groups excluding carboxylic acids is 1. The molecule has 0 aliphatic heterocycles. The summed E-state index contributed by atoms with van der Waals surface area (Å²) in [7, 11) is 0. The maximum absolute atomic E-state index is 12.2. The molecule has 0 fully saturated rings. The molecule has 6 heteroatoms. The van der Waals surface area contributed by atoms with E-state index in [-0.39, 0.29) is 12.5 Å². The van der Waals surface area contributed by atoms with Crippen molar-refractivity contribution in [1.29, 1.82) is 0 Å². The Kier molecular flexibility index (Phi) is 6.44. The molecule has 3 aromatic rings. The highest BCUT2D eigenvalue weighted by Gasteiger charge is 2.06. The molecule has 0 aliphatic carbocycles. The Balaban J connectivity index is 1.54. The number of rotatable bonds is 7. The number of nitrogens with zero attached hydrogens (tertiary/aromatic N) is 2. The van der Waals surface area contributed by atoms with E-state index in [1.165, 1.54) is 5.56 Å². The van der Waals surface area contributed by atoms with Gasteiger partial charge < -0.3 is 15.4 Å². The fraction of sp³-hybridized carbons (Fsp3) is 0.261. The van der Waals surface area contributed by atoms with Gasteiger partial charge >= 0.3 is 0 Å². The minimum atomic E-state index is -0.210. The van der Waals surface area contributed by atoms with Gasteiger partial charge in [0.15, 0.2) is 6.61 Å². The van der Waals surface area contributed by atoms with Crippen LogP contribution in [-0.4, -0.2) is 22.5 Å². The lowest BCUT2D eigenvalue weighted by Gasteiger charge is -2.11. The van der Waals surface area contributed by atoms with E-state index >= 15 is 0 Å². The molecule has 2 N–H and O–H groups in total. The predicted molar refractivity (Wildman–Crippen MR) is 116 cm³/mol. The first-order valence-electron chi connectivity index (χ1n) is 9.61. The van der Waals surface area contributed by atoms with Crippen LogP contribution in [0.5, 0.6) is 5.75 Å². The van der Waals surface area contributed by atoms with Crippen LogP contribution in [0.15, 0.2) is 54.6 Å². The number of hydrogen-bond donors (Lipinski definition) is 2. The van der Waals surface area contributed by atoms with Gasteiger partial charge in [-0.15, -0.1) is 0 Å². The van der Waals surface area contributed by atoms with Crippen molar-refractivity contribution in [2.24, 2.45) is 0 Å². The molecule has 1 aromatic heterocycles. The van der Waals surface area contributed by atoms with E-state index in [4.69, 9.17) is 4.74 Å². The summed E-state index contributed by atoms with van der Waals surface area (Å²) in [5, 5.41) is 6.00. The smallest absolute Gasteiger partial charge is 0.262 e. The van der Waals surface area contributed by atoms with E-state index in [1.807, 2.05) is 62.4 Å². The van der Waals surface area contributed by atoms with Crippen molar-refractivity contribution in [3.05, 3.63) is 71.5 Å². The number of carbonyl (C=O) groups is 1. The molecule has 0 atom stereocenters. The van der Waals surface area contributed by atoms with Crippen LogP contribution in [0.1, 0.15) is 36.7 Å². The van der Waals surface area contributed by atoms with Crippen LogP contribution >= 0.6 is 0 Å². The summed E-state index contributed by atoms with van der Waals surface area (Å²) in [4.78, 5) is 20.9. The molecule has 0 spiro atoms. The maximum atomic E-state index is 12.2. The molecule has 3 rings (SSSR count). The normalized spacial score (nSPS) is 10.7. The molecule has 0 radical (unpaired) electrons. The number of aryl methyl sites for hydroxylation is 2. The molecule has 0 aliphatic rings. The van der Waals surface area contributed by atoms with Crippen LogP contribution in [-0.2, 0) is 4.79 Å². The van der Waals surface area contributed by atoms with E-state index in [0.717, 1.165) is 17.1 Å². The van der Waals surface area contributed by atoms with Crippen molar-refractivity contribution < 1.29 is 9.53 Å². The number of nitrogens with one attached hydrogen (secondary N) is 2. The van der Waals surface area contributed by atoms with Gasteiger partial charge in [-0.05, 0) is 67.8 Å². The average Bonchev–Trinajstić information content (AvgIpc) is 2.67. The van der Waals surface area contributed by atoms with Gasteiger partial charge in [0.2, 0.25) is 5.95 Å². The monoisotopic (exact) mass is 390 g/mol. The highest BCUT2D eigenvalue weighted by Crippen LogP contribution is 2.20. The molecule has 1 heterocycles.